The molecule has 0 spiro atoms. The van der Waals surface area contributed by atoms with Gasteiger partial charge in [0.15, 0.2) is 0 Å². The van der Waals surface area contributed by atoms with E-state index in [1.165, 1.54) is 0 Å². The van der Waals surface area contributed by atoms with Crippen molar-refractivity contribution in [3.8, 4) is 0 Å². The van der Waals surface area contributed by atoms with Crippen LogP contribution < -0.4 is 5.32 Å². The van der Waals surface area contributed by atoms with Crippen molar-refractivity contribution in [3.05, 3.63) is 59.5 Å². The Hall–Kier alpha value is -2.60. The second-order valence-electron chi connectivity index (χ2n) is 6.96. The SMILES string of the molecule is CN(C)C(=O)CN(Cc1ccc(C(=O)NC2CC2)cc1)Cc1ccco1. The summed E-state index contributed by atoms with van der Waals surface area (Å²) in [6.07, 6.45) is 3.78. The molecule has 0 aliphatic heterocycles. The summed E-state index contributed by atoms with van der Waals surface area (Å²) in [6.45, 7) is 1.46. The molecule has 1 aromatic heterocycles. The van der Waals surface area contributed by atoms with Crippen molar-refractivity contribution >= 4 is 11.8 Å². The highest BCUT2D eigenvalue weighted by Crippen LogP contribution is 2.19. The monoisotopic (exact) mass is 355 g/mol. The van der Waals surface area contributed by atoms with Gasteiger partial charge in [0.05, 0.1) is 19.4 Å². The molecule has 26 heavy (non-hydrogen) atoms. The van der Waals surface area contributed by atoms with Crippen molar-refractivity contribution in [2.75, 3.05) is 20.6 Å². The number of nitrogens with one attached hydrogen (secondary N) is 1. The first-order valence-electron chi connectivity index (χ1n) is 8.86. The van der Waals surface area contributed by atoms with Crippen molar-refractivity contribution in [1.29, 1.82) is 0 Å². The lowest BCUT2D eigenvalue weighted by Gasteiger charge is -2.22. The maximum absolute atomic E-state index is 12.1. The topological polar surface area (TPSA) is 65.8 Å². The summed E-state index contributed by atoms with van der Waals surface area (Å²) >= 11 is 0. The molecule has 1 saturated carbocycles. The number of carbonyl (C=O) groups is 2. The molecule has 2 aromatic rings. The molecule has 1 aliphatic carbocycles. The largest absolute Gasteiger partial charge is 0.468 e. The van der Waals surface area contributed by atoms with Crippen LogP contribution in [0.1, 0.15) is 34.5 Å². The number of hydrogen-bond acceptors (Lipinski definition) is 4. The number of carbonyl (C=O) groups excluding carboxylic acids is 2. The van der Waals surface area contributed by atoms with Crippen LogP contribution in [-0.4, -0.2) is 48.3 Å². The van der Waals surface area contributed by atoms with Gasteiger partial charge in [-0.25, -0.2) is 0 Å². The minimum atomic E-state index is -0.0192. The fourth-order valence-electron chi connectivity index (χ4n) is 2.64. The van der Waals surface area contributed by atoms with Crippen LogP contribution in [0.15, 0.2) is 47.1 Å². The number of benzene rings is 1. The van der Waals surface area contributed by atoms with E-state index in [-0.39, 0.29) is 11.8 Å². The number of nitrogens with zero attached hydrogens (tertiary/aromatic N) is 2. The predicted molar refractivity (Wildman–Crippen MR) is 98.4 cm³/mol. The Morgan fingerprint density at radius 3 is 2.42 bits per heavy atom. The van der Waals surface area contributed by atoms with Gasteiger partial charge < -0.3 is 14.6 Å². The van der Waals surface area contributed by atoms with Gasteiger partial charge in [-0.1, -0.05) is 12.1 Å². The number of amides is 2. The second kappa shape index (κ2) is 8.19. The second-order valence-corrected chi connectivity index (χ2v) is 6.96. The average molecular weight is 355 g/mol. The van der Waals surface area contributed by atoms with E-state index < -0.39 is 0 Å². The summed E-state index contributed by atoms with van der Waals surface area (Å²) in [4.78, 5) is 27.8. The lowest BCUT2D eigenvalue weighted by Crippen LogP contribution is -2.36. The van der Waals surface area contributed by atoms with Crippen molar-refractivity contribution < 1.29 is 14.0 Å². The molecule has 1 fully saturated rings. The van der Waals surface area contributed by atoms with Crippen LogP contribution in [0.3, 0.4) is 0 Å². The number of likely N-dealkylation sites (N-methyl/N-ethyl adjacent to an activating group) is 1. The summed E-state index contributed by atoms with van der Waals surface area (Å²) in [7, 11) is 3.50. The molecule has 0 bridgehead atoms. The molecular formula is C20H25N3O3. The zero-order valence-electron chi connectivity index (χ0n) is 15.3. The first-order valence-corrected chi connectivity index (χ1v) is 8.86. The summed E-state index contributed by atoms with van der Waals surface area (Å²) in [6, 6.07) is 11.7. The Kier molecular flexibility index (Phi) is 5.73. The maximum atomic E-state index is 12.1. The standard InChI is InChI=1S/C20H25N3O3/c1-22(2)19(24)14-23(13-18-4-3-11-26-18)12-15-5-7-16(8-6-15)20(25)21-17-9-10-17/h3-8,11,17H,9-10,12-14H2,1-2H3,(H,21,25). The smallest absolute Gasteiger partial charge is 0.251 e. The molecule has 0 saturated heterocycles. The minimum absolute atomic E-state index is 0.0192. The number of rotatable bonds is 8. The van der Waals surface area contributed by atoms with E-state index in [2.05, 4.69) is 5.32 Å². The number of furan rings is 1. The predicted octanol–water partition coefficient (Wildman–Crippen LogP) is 2.26. The fraction of sp³-hybridized carbons (Fsp3) is 0.400. The first-order chi connectivity index (χ1) is 12.5. The third kappa shape index (κ3) is 5.20. The van der Waals surface area contributed by atoms with Crippen molar-refractivity contribution in [3.63, 3.8) is 0 Å². The van der Waals surface area contributed by atoms with Gasteiger partial charge in [-0.2, -0.15) is 0 Å². The van der Waals surface area contributed by atoms with Gasteiger partial charge in [-0.3, -0.25) is 14.5 Å². The lowest BCUT2D eigenvalue weighted by atomic mass is 10.1. The molecule has 0 unspecified atom stereocenters. The Morgan fingerprint density at radius 1 is 1.12 bits per heavy atom. The molecule has 1 heterocycles. The molecule has 138 valence electrons. The van der Waals surface area contributed by atoms with Crippen LogP contribution in [0, 0.1) is 0 Å². The van der Waals surface area contributed by atoms with Gasteiger partial charge >= 0.3 is 0 Å². The normalized spacial score (nSPS) is 13.7. The van der Waals surface area contributed by atoms with Crippen molar-refractivity contribution in [2.45, 2.75) is 32.0 Å². The van der Waals surface area contributed by atoms with E-state index in [0.717, 1.165) is 24.2 Å². The summed E-state index contributed by atoms with van der Waals surface area (Å²) in [5.74, 6) is 0.836. The molecular weight excluding hydrogens is 330 g/mol. The van der Waals surface area contributed by atoms with Gasteiger partial charge in [-0.15, -0.1) is 0 Å². The van der Waals surface area contributed by atoms with Crippen LogP contribution in [-0.2, 0) is 17.9 Å². The highest BCUT2D eigenvalue weighted by Gasteiger charge is 2.23. The molecule has 0 radical (unpaired) electrons. The quantitative estimate of drug-likeness (QED) is 0.789. The van der Waals surface area contributed by atoms with E-state index in [1.807, 2.05) is 41.3 Å². The van der Waals surface area contributed by atoms with E-state index in [0.29, 0.717) is 31.2 Å². The maximum Gasteiger partial charge on any atom is 0.251 e. The Bertz CT molecular complexity index is 734. The zero-order chi connectivity index (χ0) is 18.5. The summed E-state index contributed by atoms with van der Waals surface area (Å²) < 4.78 is 5.42. The first kappa shape index (κ1) is 18.2. The Morgan fingerprint density at radius 2 is 1.85 bits per heavy atom. The summed E-state index contributed by atoms with van der Waals surface area (Å²) in [5.41, 5.74) is 1.72. The zero-order valence-corrected chi connectivity index (χ0v) is 15.3. The van der Waals surface area contributed by atoms with E-state index in [9.17, 15) is 9.59 Å². The van der Waals surface area contributed by atoms with Crippen molar-refractivity contribution in [1.82, 2.24) is 15.1 Å². The van der Waals surface area contributed by atoms with E-state index in [4.69, 9.17) is 4.42 Å². The molecule has 2 amide bonds. The lowest BCUT2D eigenvalue weighted by molar-refractivity contribution is -0.130. The van der Waals surface area contributed by atoms with Gasteiger partial charge in [0, 0.05) is 32.2 Å². The molecule has 1 N–H and O–H groups in total. The van der Waals surface area contributed by atoms with Crippen LogP contribution in [0.5, 0.6) is 0 Å². The van der Waals surface area contributed by atoms with Gasteiger partial charge in [0.2, 0.25) is 5.91 Å². The molecule has 6 heteroatoms. The van der Waals surface area contributed by atoms with Crippen LogP contribution in [0.2, 0.25) is 0 Å². The Balaban J connectivity index is 1.64. The van der Waals surface area contributed by atoms with Gasteiger partial charge in [0.1, 0.15) is 5.76 Å². The molecule has 3 rings (SSSR count). The van der Waals surface area contributed by atoms with Crippen LogP contribution in [0.4, 0.5) is 0 Å². The number of hydrogen-bond donors (Lipinski definition) is 1. The third-order valence-electron chi connectivity index (χ3n) is 4.35. The van der Waals surface area contributed by atoms with Crippen LogP contribution >= 0.6 is 0 Å². The molecule has 0 atom stereocenters. The van der Waals surface area contributed by atoms with Crippen molar-refractivity contribution in [2.24, 2.45) is 0 Å². The highest BCUT2D eigenvalue weighted by atomic mass is 16.3. The Labute approximate surface area is 153 Å². The van der Waals surface area contributed by atoms with Crippen LogP contribution in [0.25, 0.3) is 0 Å². The van der Waals surface area contributed by atoms with E-state index >= 15 is 0 Å². The molecule has 1 aromatic carbocycles. The average Bonchev–Trinajstić information content (AvgIpc) is 3.28. The van der Waals surface area contributed by atoms with Gasteiger partial charge in [-0.05, 0) is 42.7 Å². The van der Waals surface area contributed by atoms with Gasteiger partial charge in [0.25, 0.3) is 5.91 Å². The third-order valence-corrected chi connectivity index (χ3v) is 4.35. The minimum Gasteiger partial charge on any atom is -0.468 e. The fourth-order valence-corrected chi connectivity index (χ4v) is 2.64. The summed E-state index contributed by atoms with van der Waals surface area (Å²) in [5, 5.41) is 2.99. The molecule has 6 nitrogen and oxygen atoms in total. The highest BCUT2D eigenvalue weighted by molar-refractivity contribution is 5.94. The van der Waals surface area contributed by atoms with E-state index in [1.54, 1.807) is 25.3 Å². The molecule has 1 aliphatic rings.